The van der Waals surface area contributed by atoms with E-state index in [-0.39, 0.29) is 12.0 Å². The summed E-state index contributed by atoms with van der Waals surface area (Å²) in [6, 6.07) is 7.50. The van der Waals surface area contributed by atoms with Crippen LogP contribution in [0.4, 0.5) is 0 Å². The molecule has 124 valence electrons. The molecule has 0 saturated heterocycles. The first-order valence-electron chi connectivity index (χ1n) is 7.40. The lowest BCUT2D eigenvalue weighted by Crippen LogP contribution is -2.36. The third-order valence-corrected chi connectivity index (χ3v) is 4.47. The number of esters is 1. The molecule has 1 atom stereocenters. The summed E-state index contributed by atoms with van der Waals surface area (Å²) in [4.78, 5) is 19.0. The van der Waals surface area contributed by atoms with Crippen molar-refractivity contribution in [2.75, 3.05) is 27.0 Å². The van der Waals surface area contributed by atoms with E-state index >= 15 is 0 Å². The second kappa shape index (κ2) is 7.55. The van der Waals surface area contributed by atoms with Crippen LogP contribution < -0.4 is 4.74 Å². The highest BCUT2D eigenvalue weighted by molar-refractivity contribution is 8.13. The maximum atomic E-state index is 12.4. The highest BCUT2D eigenvalue weighted by atomic mass is 32.2. The van der Waals surface area contributed by atoms with Crippen molar-refractivity contribution in [2.24, 2.45) is 4.99 Å². The lowest BCUT2D eigenvalue weighted by molar-refractivity contribution is -0.139. The SMILES string of the molecule is CCOC(=O)C1=C(C)N=C(SC)N(C)C1c1ccc(OC)cc1. The Morgan fingerprint density at radius 2 is 2.00 bits per heavy atom. The fourth-order valence-electron chi connectivity index (χ4n) is 2.62. The van der Waals surface area contributed by atoms with E-state index in [1.165, 1.54) is 0 Å². The van der Waals surface area contributed by atoms with E-state index in [4.69, 9.17) is 9.47 Å². The number of benzene rings is 1. The molecule has 0 spiro atoms. The normalized spacial score (nSPS) is 17.9. The van der Waals surface area contributed by atoms with Gasteiger partial charge in [0.2, 0.25) is 0 Å². The van der Waals surface area contributed by atoms with Gasteiger partial charge in [-0.3, -0.25) is 0 Å². The summed E-state index contributed by atoms with van der Waals surface area (Å²) in [6.07, 6.45) is 1.98. The van der Waals surface area contributed by atoms with Crippen molar-refractivity contribution in [3.63, 3.8) is 0 Å². The molecule has 2 rings (SSSR count). The lowest BCUT2D eigenvalue weighted by atomic mass is 9.95. The maximum Gasteiger partial charge on any atom is 0.338 e. The zero-order valence-corrected chi connectivity index (χ0v) is 14.9. The average Bonchev–Trinajstić information content (AvgIpc) is 2.56. The Balaban J connectivity index is 2.50. The number of hydrogen-bond acceptors (Lipinski definition) is 6. The molecule has 23 heavy (non-hydrogen) atoms. The molecule has 1 aromatic carbocycles. The van der Waals surface area contributed by atoms with Crippen molar-refractivity contribution < 1.29 is 14.3 Å². The van der Waals surface area contributed by atoms with Gasteiger partial charge in [-0.15, -0.1) is 0 Å². The molecule has 0 fully saturated rings. The van der Waals surface area contributed by atoms with Gasteiger partial charge >= 0.3 is 5.97 Å². The molecular weight excluding hydrogens is 312 g/mol. The van der Waals surface area contributed by atoms with Gasteiger partial charge in [-0.25, -0.2) is 9.79 Å². The number of allylic oxidation sites excluding steroid dienone is 1. The van der Waals surface area contributed by atoms with Gasteiger partial charge in [-0.2, -0.15) is 0 Å². The first-order chi connectivity index (χ1) is 11.0. The van der Waals surface area contributed by atoms with E-state index in [1.807, 2.05) is 49.4 Å². The molecule has 0 N–H and O–H groups in total. The van der Waals surface area contributed by atoms with Gasteiger partial charge in [-0.1, -0.05) is 23.9 Å². The van der Waals surface area contributed by atoms with Crippen LogP contribution in [-0.4, -0.2) is 43.1 Å². The number of likely N-dealkylation sites (N-methyl/N-ethyl adjacent to an activating group) is 1. The second-order valence-electron chi connectivity index (χ2n) is 5.10. The average molecular weight is 334 g/mol. The number of hydrogen-bond donors (Lipinski definition) is 0. The first kappa shape index (κ1) is 17.4. The quantitative estimate of drug-likeness (QED) is 0.791. The number of rotatable bonds is 4. The van der Waals surface area contributed by atoms with Gasteiger partial charge in [0.25, 0.3) is 0 Å². The Bertz CT molecular complexity index is 638. The monoisotopic (exact) mass is 334 g/mol. The molecule has 0 bridgehead atoms. The number of ether oxygens (including phenoxy) is 2. The minimum absolute atomic E-state index is 0.222. The maximum absolute atomic E-state index is 12.4. The Morgan fingerprint density at radius 3 is 2.52 bits per heavy atom. The number of carbonyl (C=O) groups excluding carboxylic acids is 1. The largest absolute Gasteiger partial charge is 0.497 e. The third-order valence-electron chi connectivity index (χ3n) is 3.73. The number of amidine groups is 1. The zero-order chi connectivity index (χ0) is 17.0. The number of nitrogens with zero attached hydrogens (tertiary/aromatic N) is 2. The number of carbonyl (C=O) groups is 1. The van der Waals surface area contributed by atoms with Gasteiger partial charge in [0.15, 0.2) is 5.17 Å². The van der Waals surface area contributed by atoms with E-state index in [9.17, 15) is 4.79 Å². The lowest BCUT2D eigenvalue weighted by Gasteiger charge is -2.35. The van der Waals surface area contributed by atoms with Crippen LogP contribution in [0.15, 0.2) is 40.5 Å². The summed E-state index contributed by atoms with van der Waals surface area (Å²) in [7, 11) is 3.57. The molecule has 0 amide bonds. The van der Waals surface area contributed by atoms with Crippen LogP contribution in [0.1, 0.15) is 25.5 Å². The fourth-order valence-corrected chi connectivity index (χ4v) is 3.24. The zero-order valence-electron chi connectivity index (χ0n) is 14.1. The van der Waals surface area contributed by atoms with Crippen LogP contribution in [-0.2, 0) is 9.53 Å². The third kappa shape index (κ3) is 3.52. The van der Waals surface area contributed by atoms with Gasteiger partial charge in [0.05, 0.1) is 31.0 Å². The van der Waals surface area contributed by atoms with Gasteiger partial charge < -0.3 is 14.4 Å². The van der Waals surface area contributed by atoms with Crippen molar-refractivity contribution in [3.05, 3.63) is 41.1 Å². The summed E-state index contributed by atoms with van der Waals surface area (Å²) in [5.41, 5.74) is 2.28. The van der Waals surface area contributed by atoms with Crippen LogP contribution in [0.2, 0.25) is 0 Å². The molecule has 6 heteroatoms. The molecule has 0 radical (unpaired) electrons. The van der Waals surface area contributed by atoms with Crippen molar-refractivity contribution in [1.29, 1.82) is 0 Å². The van der Waals surface area contributed by atoms with E-state index < -0.39 is 0 Å². The summed E-state index contributed by atoms with van der Waals surface area (Å²) in [6.45, 7) is 4.00. The molecule has 1 aliphatic rings. The molecule has 1 aliphatic heterocycles. The van der Waals surface area contributed by atoms with Crippen molar-refractivity contribution in [1.82, 2.24) is 4.90 Å². The summed E-state index contributed by atoms with van der Waals surface area (Å²) >= 11 is 1.56. The van der Waals surface area contributed by atoms with Crippen LogP contribution >= 0.6 is 11.8 Å². The standard InChI is InChI=1S/C17H22N2O3S/c1-6-22-16(20)14-11(2)18-17(23-5)19(3)15(14)12-7-9-13(21-4)10-8-12/h7-10,15H,6H2,1-5H3. The molecule has 0 aromatic heterocycles. The second-order valence-corrected chi connectivity index (χ2v) is 5.88. The molecule has 1 aromatic rings. The molecule has 0 saturated carbocycles. The van der Waals surface area contributed by atoms with Crippen LogP contribution in [0, 0.1) is 0 Å². The van der Waals surface area contributed by atoms with E-state index in [0.717, 1.165) is 16.5 Å². The highest BCUT2D eigenvalue weighted by Crippen LogP contribution is 2.36. The minimum atomic E-state index is -0.318. The molecule has 1 unspecified atom stereocenters. The fraction of sp³-hybridized carbons (Fsp3) is 0.412. The van der Waals surface area contributed by atoms with Crippen LogP contribution in [0.5, 0.6) is 5.75 Å². The summed E-state index contributed by atoms with van der Waals surface area (Å²) in [5.74, 6) is 0.464. The van der Waals surface area contributed by atoms with E-state index in [1.54, 1.807) is 25.8 Å². The van der Waals surface area contributed by atoms with Crippen LogP contribution in [0.3, 0.4) is 0 Å². The van der Waals surface area contributed by atoms with E-state index in [2.05, 4.69) is 4.99 Å². The Kier molecular flexibility index (Phi) is 5.71. The predicted molar refractivity (Wildman–Crippen MR) is 93.8 cm³/mol. The Labute approximate surface area is 141 Å². The predicted octanol–water partition coefficient (Wildman–Crippen LogP) is 3.24. The van der Waals surface area contributed by atoms with Gasteiger partial charge in [0, 0.05) is 7.05 Å². The van der Waals surface area contributed by atoms with Crippen molar-refractivity contribution in [3.8, 4) is 5.75 Å². The summed E-state index contributed by atoms with van der Waals surface area (Å²) < 4.78 is 10.5. The van der Waals surface area contributed by atoms with Crippen molar-refractivity contribution in [2.45, 2.75) is 19.9 Å². The van der Waals surface area contributed by atoms with Crippen molar-refractivity contribution >= 4 is 22.9 Å². The molecular formula is C17H22N2O3S. The number of methoxy groups -OCH3 is 1. The first-order valence-corrected chi connectivity index (χ1v) is 8.63. The molecule has 5 nitrogen and oxygen atoms in total. The van der Waals surface area contributed by atoms with E-state index in [0.29, 0.717) is 17.9 Å². The smallest absolute Gasteiger partial charge is 0.338 e. The summed E-state index contributed by atoms with van der Waals surface area (Å²) in [5, 5.41) is 0.872. The van der Waals surface area contributed by atoms with Crippen LogP contribution in [0.25, 0.3) is 0 Å². The van der Waals surface area contributed by atoms with Gasteiger partial charge in [-0.05, 0) is 37.8 Å². The highest BCUT2D eigenvalue weighted by Gasteiger charge is 2.34. The minimum Gasteiger partial charge on any atom is -0.497 e. The Hall–Kier alpha value is -1.95. The van der Waals surface area contributed by atoms with Gasteiger partial charge in [0.1, 0.15) is 5.75 Å². The molecule has 1 heterocycles. The topological polar surface area (TPSA) is 51.1 Å². The molecule has 0 aliphatic carbocycles. The number of aliphatic imine (C=N–C) groups is 1. The Morgan fingerprint density at radius 1 is 1.35 bits per heavy atom. The number of thioether (sulfide) groups is 1.